The number of carbonyl (C=O) groups is 3. The maximum Gasteiger partial charge on any atom is 0.344 e. The third-order valence-electron chi connectivity index (χ3n) is 9.75. The van der Waals surface area contributed by atoms with Gasteiger partial charge in [-0.25, -0.2) is 9.59 Å². The number of rotatable bonds is 24. The fourth-order valence-electron chi connectivity index (χ4n) is 6.57. The van der Waals surface area contributed by atoms with E-state index in [2.05, 4.69) is 33.7 Å². The van der Waals surface area contributed by atoms with Crippen molar-refractivity contribution in [3.05, 3.63) is 110 Å². The molecule has 0 spiro atoms. The van der Waals surface area contributed by atoms with E-state index in [-0.39, 0.29) is 42.8 Å². The molecule has 1 saturated heterocycles. The standard InChI is InChI=1S/C44H51N3O11S3/c1-3-4-12-37(35-10-6-7-11-36(35)44(50)58-38-19-13-32(29-39(38)53-2)14-20-41(48)55-27-28-56-47(51)52)57-42(49)31-46-24-22-45(23-25-46)21-8-5-9-26-54-34-17-15-33(16-18-34)40-30-43(59)61-60-40/h6-7,10-11,13-20,29-30,37H,3-5,8-9,12,21-28,31H2,1-2H3/b20-14+. The summed E-state index contributed by atoms with van der Waals surface area (Å²) < 4.78 is 29.1. The molecule has 1 unspecified atom stereocenters. The molecule has 1 fully saturated rings. The van der Waals surface area contributed by atoms with Crippen molar-refractivity contribution in [2.24, 2.45) is 0 Å². The highest BCUT2D eigenvalue weighted by Crippen LogP contribution is 2.33. The van der Waals surface area contributed by atoms with Gasteiger partial charge in [-0.3, -0.25) is 9.69 Å². The second-order valence-electron chi connectivity index (χ2n) is 14.1. The second kappa shape index (κ2) is 24.9. The lowest BCUT2D eigenvalue weighted by molar-refractivity contribution is -0.757. The van der Waals surface area contributed by atoms with Gasteiger partial charge in [-0.1, -0.05) is 70.5 Å². The minimum atomic E-state index is -0.971. The van der Waals surface area contributed by atoms with Crippen LogP contribution < -0.4 is 14.2 Å². The van der Waals surface area contributed by atoms with Crippen LogP contribution >= 0.6 is 32.9 Å². The van der Waals surface area contributed by atoms with Crippen molar-refractivity contribution in [2.45, 2.75) is 51.6 Å². The van der Waals surface area contributed by atoms with Crippen molar-refractivity contribution in [3.63, 3.8) is 0 Å². The van der Waals surface area contributed by atoms with E-state index >= 15 is 0 Å². The van der Waals surface area contributed by atoms with Crippen LogP contribution in [0.3, 0.4) is 0 Å². The van der Waals surface area contributed by atoms with Gasteiger partial charge in [0.15, 0.2) is 11.5 Å². The summed E-state index contributed by atoms with van der Waals surface area (Å²) in [6.45, 7) is 6.50. The molecule has 0 N–H and O–H groups in total. The fraction of sp³-hybridized carbons (Fsp3) is 0.409. The van der Waals surface area contributed by atoms with Gasteiger partial charge in [-0.05, 0) is 104 Å². The van der Waals surface area contributed by atoms with Crippen molar-refractivity contribution in [1.29, 1.82) is 0 Å². The smallest absolute Gasteiger partial charge is 0.344 e. The summed E-state index contributed by atoms with van der Waals surface area (Å²) in [6, 6.07) is 21.9. The van der Waals surface area contributed by atoms with E-state index in [1.54, 1.807) is 57.1 Å². The zero-order valence-corrected chi connectivity index (χ0v) is 36.8. The largest absolute Gasteiger partial charge is 0.494 e. The molecule has 0 aliphatic carbocycles. The maximum atomic E-state index is 13.7. The van der Waals surface area contributed by atoms with Crippen molar-refractivity contribution < 1.29 is 48.0 Å². The van der Waals surface area contributed by atoms with Crippen LogP contribution in [-0.2, 0) is 23.9 Å². The van der Waals surface area contributed by atoms with Crippen molar-refractivity contribution in [2.75, 3.05) is 66.2 Å². The first kappa shape index (κ1) is 46.9. The molecule has 0 amide bonds. The number of nitrogens with zero attached hydrogens (tertiary/aromatic N) is 3. The Hall–Kier alpha value is -5.20. The molecular formula is C44H51N3O11S3. The Balaban J connectivity index is 1.05. The molecule has 1 aliphatic rings. The van der Waals surface area contributed by atoms with Gasteiger partial charge in [0.1, 0.15) is 28.9 Å². The van der Waals surface area contributed by atoms with Crippen LogP contribution in [0.4, 0.5) is 0 Å². The molecule has 4 aromatic rings. The average Bonchev–Trinajstić information content (AvgIpc) is 3.71. The van der Waals surface area contributed by atoms with Gasteiger partial charge in [-0.2, -0.15) is 0 Å². The molecule has 3 aromatic carbocycles. The molecule has 61 heavy (non-hydrogen) atoms. The van der Waals surface area contributed by atoms with Gasteiger partial charge < -0.3 is 33.4 Å². The molecule has 0 saturated carbocycles. The minimum absolute atomic E-state index is 0.147. The highest BCUT2D eigenvalue weighted by atomic mass is 32.9. The molecule has 0 radical (unpaired) electrons. The Kier molecular flexibility index (Phi) is 19.1. The van der Waals surface area contributed by atoms with Crippen molar-refractivity contribution in [3.8, 4) is 27.7 Å². The quantitative estimate of drug-likeness (QED) is 0.00961. The van der Waals surface area contributed by atoms with Crippen LogP contribution in [0.15, 0.2) is 78.9 Å². The summed E-state index contributed by atoms with van der Waals surface area (Å²) >= 11 is 5.25. The number of carbonyl (C=O) groups excluding carboxylic acids is 3. The average molecular weight is 894 g/mol. The van der Waals surface area contributed by atoms with Gasteiger partial charge in [0, 0.05) is 42.7 Å². The number of ether oxygens (including phenoxy) is 5. The summed E-state index contributed by atoms with van der Waals surface area (Å²) in [6.07, 6.45) is 7.30. The van der Waals surface area contributed by atoms with Gasteiger partial charge in [0.25, 0.3) is 5.09 Å². The van der Waals surface area contributed by atoms with E-state index in [1.165, 1.54) is 24.1 Å². The Bertz CT molecular complexity index is 2130. The molecule has 1 atom stereocenters. The molecular weight excluding hydrogens is 843 g/mol. The Morgan fingerprint density at radius 1 is 0.885 bits per heavy atom. The number of methoxy groups -OCH3 is 1. The second-order valence-corrected chi connectivity index (χ2v) is 17.0. The van der Waals surface area contributed by atoms with E-state index in [1.807, 2.05) is 18.2 Å². The predicted molar refractivity (Wildman–Crippen MR) is 236 cm³/mol. The van der Waals surface area contributed by atoms with Crippen LogP contribution in [0.2, 0.25) is 0 Å². The Morgan fingerprint density at radius 2 is 1.66 bits per heavy atom. The van der Waals surface area contributed by atoms with Gasteiger partial charge in [0.2, 0.25) is 0 Å². The van der Waals surface area contributed by atoms with Crippen LogP contribution in [-0.4, -0.2) is 99.0 Å². The maximum absolute atomic E-state index is 13.7. The summed E-state index contributed by atoms with van der Waals surface area (Å²) in [5.74, 6) is -0.454. The topological polar surface area (TPSA) is 156 Å². The lowest BCUT2D eigenvalue weighted by Gasteiger charge is -2.34. The number of piperazine rings is 1. The summed E-state index contributed by atoms with van der Waals surface area (Å²) in [5, 5.41) is 9.26. The minimum Gasteiger partial charge on any atom is -0.494 e. The predicted octanol–water partition coefficient (Wildman–Crippen LogP) is 8.84. The monoisotopic (exact) mass is 893 g/mol. The fourth-order valence-corrected chi connectivity index (χ4v) is 8.97. The molecule has 17 heteroatoms. The van der Waals surface area contributed by atoms with Crippen LogP contribution in [0.1, 0.15) is 73.0 Å². The Labute approximate surface area is 368 Å². The molecule has 2 heterocycles. The molecule has 1 aliphatic heterocycles. The SMILES string of the molecule is CCCCC(OC(=O)CN1CCN(CCCCCOc2ccc(-c3cc(=S)ss3)cc2)CC1)c1ccccc1C(=O)Oc1ccc(/C=C/C(=O)OCCO[N+](=O)[O-])cc1OC. The van der Waals surface area contributed by atoms with Crippen molar-refractivity contribution >= 4 is 56.9 Å². The molecule has 0 bridgehead atoms. The molecule has 326 valence electrons. The third-order valence-corrected chi connectivity index (χ3v) is 12.7. The third kappa shape index (κ3) is 15.7. The molecule has 1 aromatic heterocycles. The van der Waals surface area contributed by atoms with E-state index in [0.29, 0.717) is 24.2 Å². The zero-order chi connectivity index (χ0) is 43.4. The van der Waals surface area contributed by atoms with Gasteiger partial charge in [-0.15, -0.1) is 10.1 Å². The zero-order valence-electron chi connectivity index (χ0n) is 34.3. The first-order valence-electron chi connectivity index (χ1n) is 20.2. The number of unbranched alkanes of at least 4 members (excludes halogenated alkanes) is 3. The van der Waals surface area contributed by atoms with E-state index in [0.717, 1.165) is 86.0 Å². The van der Waals surface area contributed by atoms with E-state index in [9.17, 15) is 24.5 Å². The summed E-state index contributed by atoms with van der Waals surface area (Å²) in [5.41, 5.74) is 2.52. The number of benzene rings is 3. The first-order chi connectivity index (χ1) is 29.6. The van der Waals surface area contributed by atoms with Crippen LogP contribution in [0, 0.1) is 13.9 Å². The summed E-state index contributed by atoms with van der Waals surface area (Å²) in [4.78, 5) is 59.1. The lowest BCUT2D eigenvalue weighted by atomic mass is 9.98. The van der Waals surface area contributed by atoms with Crippen molar-refractivity contribution in [1.82, 2.24) is 9.80 Å². The number of hydrogen-bond acceptors (Lipinski definition) is 16. The number of hydrogen-bond donors (Lipinski definition) is 0. The molecule has 14 nitrogen and oxygen atoms in total. The highest BCUT2D eigenvalue weighted by molar-refractivity contribution is 7.80. The van der Waals surface area contributed by atoms with Crippen LogP contribution in [0.25, 0.3) is 16.5 Å². The van der Waals surface area contributed by atoms with E-state index < -0.39 is 23.1 Å². The molecule has 5 rings (SSSR count). The van der Waals surface area contributed by atoms with E-state index in [4.69, 9.17) is 35.9 Å². The van der Waals surface area contributed by atoms with Gasteiger partial charge >= 0.3 is 17.9 Å². The first-order valence-corrected chi connectivity index (χ1v) is 22.8. The number of esters is 3. The van der Waals surface area contributed by atoms with Gasteiger partial charge in [0.05, 0.1) is 25.8 Å². The van der Waals surface area contributed by atoms with Crippen LogP contribution in [0.5, 0.6) is 17.2 Å². The summed E-state index contributed by atoms with van der Waals surface area (Å²) in [7, 11) is 4.73. The lowest BCUT2D eigenvalue weighted by Crippen LogP contribution is -2.48. The normalized spacial score (nSPS) is 13.7. The highest BCUT2D eigenvalue weighted by Gasteiger charge is 2.26. The Morgan fingerprint density at radius 3 is 2.38 bits per heavy atom.